The lowest BCUT2D eigenvalue weighted by Gasteiger charge is -2.23. The van der Waals surface area contributed by atoms with Crippen molar-refractivity contribution in [3.63, 3.8) is 0 Å². The maximum Gasteiger partial charge on any atom is 0.186 e. The standard InChI is InChI=1S/C37H58O5/c1-29(2)14-13-16-30(3)17-18-32(5)21-24-36(6,7)23-12-11-15-31(4)22-25-42-37(8,38)28-41-27-33-19-20-34(39-9)35(26-33)40-10/h12,14,17,19-20,22-23,26,38H,5,11,13,15-16,18,21,24-25,27-28H2,1-4,6-10H3/b23-12+,30-17+,31-22+/t37-/m0/s1. The summed E-state index contributed by atoms with van der Waals surface area (Å²) in [5.41, 5.74) is 6.44. The van der Waals surface area contributed by atoms with Crippen LogP contribution in [0.3, 0.4) is 0 Å². The SMILES string of the molecule is C=C(C/C=C(\C)CCC=C(C)C)CCC(C)(C)/C=C/CC/C(C)=C/CO[C@](C)(O)COCc1ccc(OC)c(OC)c1. The van der Waals surface area contributed by atoms with Gasteiger partial charge < -0.3 is 24.1 Å². The Bertz CT molecular complexity index is 1070. The first-order valence-electron chi connectivity index (χ1n) is 15.2. The van der Waals surface area contributed by atoms with Gasteiger partial charge in [0.2, 0.25) is 0 Å². The summed E-state index contributed by atoms with van der Waals surface area (Å²) in [6.45, 7) is 19.9. The van der Waals surface area contributed by atoms with Crippen molar-refractivity contribution < 1.29 is 24.1 Å². The molecule has 1 N–H and O–H groups in total. The van der Waals surface area contributed by atoms with Crippen molar-refractivity contribution in [1.82, 2.24) is 0 Å². The summed E-state index contributed by atoms with van der Waals surface area (Å²) < 4.78 is 22.0. The van der Waals surface area contributed by atoms with E-state index in [-0.39, 0.29) is 12.0 Å². The summed E-state index contributed by atoms with van der Waals surface area (Å²) in [5, 5.41) is 10.6. The van der Waals surface area contributed by atoms with E-state index in [0.717, 1.165) is 50.5 Å². The zero-order chi connectivity index (χ0) is 31.6. The second-order valence-electron chi connectivity index (χ2n) is 12.5. The molecule has 0 saturated carbocycles. The monoisotopic (exact) mass is 582 g/mol. The third-order valence-electron chi connectivity index (χ3n) is 7.14. The third-order valence-corrected chi connectivity index (χ3v) is 7.14. The topological polar surface area (TPSA) is 57.2 Å². The van der Waals surface area contributed by atoms with E-state index >= 15 is 0 Å². The highest BCUT2D eigenvalue weighted by Gasteiger charge is 2.21. The van der Waals surface area contributed by atoms with Crippen LogP contribution in [0.4, 0.5) is 0 Å². The Labute approximate surface area is 257 Å². The number of hydrogen-bond donors (Lipinski definition) is 1. The highest BCUT2D eigenvalue weighted by molar-refractivity contribution is 5.42. The summed E-state index contributed by atoms with van der Waals surface area (Å²) in [6, 6.07) is 5.60. The lowest BCUT2D eigenvalue weighted by Crippen LogP contribution is -2.34. The normalized spacial score (nSPS) is 14.1. The van der Waals surface area contributed by atoms with Gasteiger partial charge in [-0.15, -0.1) is 0 Å². The first kappa shape index (κ1) is 37.4. The highest BCUT2D eigenvalue weighted by Crippen LogP contribution is 2.29. The number of benzene rings is 1. The van der Waals surface area contributed by atoms with E-state index in [2.05, 4.69) is 72.4 Å². The fourth-order valence-corrected chi connectivity index (χ4v) is 4.24. The average molecular weight is 583 g/mol. The van der Waals surface area contributed by atoms with E-state index in [4.69, 9.17) is 18.9 Å². The maximum atomic E-state index is 10.6. The Balaban J connectivity index is 2.34. The van der Waals surface area contributed by atoms with E-state index in [1.165, 1.54) is 22.3 Å². The zero-order valence-electron chi connectivity index (χ0n) is 28.0. The lowest BCUT2D eigenvalue weighted by atomic mass is 9.85. The van der Waals surface area contributed by atoms with Crippen LogP contribution in [0.25, 0.3) is 0 Å². The van der Waals surface area contributed by atoms with Crippen molar-refractivity contribution in [2.24, 2.45) is 5.41 Å². The molecule has 42 heavy (non-hydrogen) atoms. The Morgan fingerprint density at radius 1 is 0.881 bits per heavy atom. The molecule has 0 radical (unpaired) electrons. The van der Waals surface area contributed by atoms with Crippen LogP contribution in [-0.2, 0) is 16.1 Å². The van der Waals surface area contributed by atoms with Gasteiger partial charge in [-0.2, -0.15) is 0 Å². The van der Waals surface area contributed by atoms with Crippen LogP contribution in [0.5, 0.6) is 11.5 Å². The van der Waals surface area contributed by atoms with Gasteiger partial charge in [0.05, 0.1) is 27.4 Å². The van der Waals surface area contributed by atoms with Gasteiger partial charge >= 0.3 is 0 Å². The molecule has 0 unspecified atom stereocenters. The van der Waals surface area contributed by atoms with Crippen molar-refractivity contribution in [1.29, 1.82) is 0 Å². The van der Waals surface area contributed by atoms with Crippen LogP contribution in [0, 0.1) is 5.41 Å². The maximum absolute atomic E-state index is 10.6. The van der Waals surface area contributed by atoms with Gasteiger partial charge in [-0.25, -0.2) is 0 Å². The second-order valence-corrected chi connectivity index (χ2v) is 12.5. The first-order chi connectivity index (χ1) is 19.8. The van der Waals surface area contributed by atoms with Crippen LogP contribution < -0.4 is 9.47 Å². The number of allylic oxidation sites excluding steroid dienone is 8. The molecule has 0 heterocycles. The van der Waals surface area contributed by atoms with Crippen LogP contribution in [0.1, 0.15) is 99.0 Å². The summed E-state index contributed by atoms with van der Waals surface area (Å²) in [5.74, 6) is -0.0625. The Kier molecular flexibility index (Phi) is 17.4. The van der Waals surface area contributed by atoms with Crippen LogP contribution in [0.2, 0.25) is 0 Å². The zero-order valence-corrected chi connectivity index (χ0v) is 28.0. The Morgan fingerprint density at radius 2 is 1.55 bits per heavy atom. The molecule has 1 aromatic rings. The van der Waals surface area contributed by atoms with Gasteiger partial charge in [-0.3, -0.25) is 0 Å². The van der Waals surface area contributed by atoms with E-state index in [0.29, 0.717) is 24.7 Å². The van der Waals surface area contributed by atoms with E-state index in [1.54, 1.807) is 21.1 Å². The van der Waals surface area contributed by atoms with Crippen LogP contribution in [-0.4, -0.2) is 38.3 Å². The van der Waals surface area contributed by atoms with Crippen LogP contribution >= 0.6 is 0 Å². The summed E-state index contributed by atoms with van der Waals surface area (Å²) in [4.78, 5) is 0. The first-order valence-corrected chi connectivity index (χ1v) is 15.2. The van der Waals surface area contributed by atoms with Crippen LogP contribution in [0.15, 0.2) is 77.5 Å². The van der Waals surface area contributed by atoms with Crippen molar-refractivity contribution in [3.8, 4) is 11.5 Å². The fourth-order valence-electron chi connectivity index (χ4n) is 4.24. The molecule has 5 heteroatoms. The molecule has 0 spiro atoms. The second kappa shape index (κ2) is 19.6. The van der Waals surface area contributed by atoms with Crippen molar-refractivity contribution in [2.75, 3.05) is 27.4 Å². The van der Waals surface area contributed by atoms with Gasteiger partial charge in [-0.1, -0.05) is 79.2 Å². The fraction of sp³-hybridized carbons (Fsp3) is 0.568. The van der Waals surface area contributed by atoms with Crippen molar-refractivity contribution in [3.05, 3.63) is 83.0 Å². The van der Waals surface area contributed by atoms with Gasteiger partial charge in [-0.05, 0) is 103 Å². The third kappa shape index (κ3) is 17.4. The minimum Gasteiger partial charge on any atom is -0.493 e. The Morgan fingerprint density at radius 3 is 2.21 bits per heavy atom. The molecule has 236 valence electrons. The molecule has 0 aliphatic carbocycles. The highest BCUT2D eigenvalue weighted by atomic mass is 16.6. The smallest absolute Gasteiger partial charge is 0.186 e. The molecular formula is C37H58O5. The molecule has 1 atom stereocenters. The largest absolute Gasteiger partial charge is 0.493 e. The quantitative estimate of drug-likeness (QED) is 0.115. The molecule has 0 aliphatic rings. The molecule has 1 aromatic carbocycles. The van der Waals surface area contributed by atoms with E-state index in [1.807, 2.05) is 24.3 Å². The number of ether oxygens (including phenoxy) is 4. The minimum absolute atomic E-state index is 0.0602. The summed E-state index contributed by atoms with van der Waals surface area (Å²) in [6.07, 6.45) is 18.6. The molecule has 0 aliphatic heterocycles. The minimum atomic E-state index is -1.37. The lowest BCUT2D eigenvalue weighted by molar-refractivity contribution is -0.215. The van der Waals surface area contributed by atoms with Gasteiger partial charge in [0.25, 0.3) is 0 Å². The number of hydrogen-bond acceptors (Lipinski definition) is 5. The Hall–Kier alpha value is -2.60. The van der Waals surface area contributed by atoms with E-state index in [9.17, 15) is 5.11 Å². The molecule has 5 nitrogen and oxygen atoms in total. The average Bonchev–Trinajstić information content (AvgIpc) is 2.92. The number of rotatable bonds is 21. The molecule has 0 saturated heterocycles. The van der Waals surface area contributed by atoms with Gasteiger partial charge in [0.1, 0.15) is 6.61 Å². The molecule has 1 rings (SSSR count). The van der Waals surface area contributed by atoms with E-state index < -0.39 is 5.79 Å². The summed E-state index contributed by atoms with van der Waals surface area (Å²) in [7, 11) is 3.20. The molecule has 0 amide bonds. The predicted molar refractivity (Wildman–Crippen MR) is 177 cm³/mol. The van der Waals surface area contributed by atoms with Gasteiger partial charge in [0, 0.05) is 0 Å². The summed E-state index contributed by atoms with van der Waals surface area (Å²) >= 11 is 0. The molecular weight excluding hydrogens is 524 g/mol. The number of aliphatic hydroxyl groups is 1. The molecule has 0 bridgehead atoms. The van der Waals surface area contributed by atoms with Gasteiger partial charge in [0.15, 0.2) is 17.3 Å². The van der Waals surface area contributed by atoms with Crippen molar-refractivity contribution in [2.45, 2.75) is 106 Å². The number of methoxy groups -OCH3 is 2. The molecule has 0 fully saturated rings. The van der Waals surface area contributed by atoms with Crippen molar-refractivity contribution >= 4 is 0 Å². The predicted octanol–water partition coefficient (Wildman–Crippen LogP) is 9.67. The molecule has 0 aromatic heterocycles.